The van der Waals surface area contributed by atoms with E-state index in [1.165, 1.54) is 4.90 Å². The van der Waals surface area contributed by atoms with Gasteiger partial charge < -0.3 is 15.5 Å². The average Bonchev–Trinajstić information content (AvgIpc) is 3.23. The van der Waals surface area contributed by atoms with Crippen LogP contribution in [-0.4, -0.2) is 55.0 Å². The molecule has 154 valence electrons. The van der Waals surface area contributed by atoms with Crippen molar-refractivity contribution in [1.82, 2.24) is 20.5 Å². The number of carbonyl (C=O) groups excluding carboxylic acids is 1. The first kappa shape index (κ1) is 23.9. The number of hydrogen-bond donors (Lipinski definition) is 2. The van der Waals surface area contributed by atoms with Crippen LogP contribution in [0.1, 0.15) is 36.4 Å². The smallest absolute Gasteiger partial charge is 0.356 e. The zero-order chi connectivity index (χ0) is 19.2. The first-order chi connectivity index (χ1) is 12.3. The minimum Gasteiger partial charge on any atom is -0.356 e. The molecular weight excluding hydrogens is 494 g/mol. The number of thiazole rings is 1. The van der Waals surface area contributed by atoms with E-state index in [0.717, 1.165) is 42.4 Å². The molecule has 0 radical (unpaired) electrons. The number of nitrogens with zero attached hydrogens (tertiary/aromatic N) is 3. The Balaban J connectivity index is 0.00000364. The second-order valence-electron chi connectivity index (χ2n) is 6.38. The highest BCUT2D eigenvalue weighted by molar-refractivity contribution is 14.0. The van der Waals surface area contributed by atoms with Gasteiger partial charge in [-0.2, -0.15) is 13.2 Å². The molecule has 1 aromatic heterocycles. The van der Waals surface area contributed by atoms with Crippen molar-refractivity contribution in [2.75, 3.05) is 27.2 Å². The fourth-order valence-corrected chi connectivity index (χ4v) is 3.35. The van der Waals surface area contributed by atoms with E-state index in [2.05, 4.69) is 20.6 Å². The van der Waals surface area contributed by atoms with E-state index in [4.69, 9.17) is 0 Å². The van der Waals surface area contributed by atoms with Crippen LogP contribution in [0.15, 0.2) is 10.4 Å². The lowest BCUT2D eigenvalue weighted by molar-refractivity contribution is -0.140. The fourth-order valence-electron chi connectivity index (χ4n) is 2.55. The second-order valence-corrected chi connectivity index (χ2v) is 7.32. The predicted octanol–water partition coefficient (Wildman–Crippen LogP) is 2.89. The molecule has 1 heterocycles. The molecule has 0 unspecified atom stereocenters. The minimum absolute atomic E-state index is 0. The van der Waals surface area contributed by atoms with E-state index in [1.54, 1.807) is 14.1 Å². The fraction of sp³-hybridized carbons (Fsp3) is 0.688. The number of likely N-dealkylation sites (N-methyl/N-ethyl adjacent to an activating group) is 1. The quantitative estimate of drug-likeness (QED) is 0.345. The largest absolute Gasteiger partial charge is 0.434 e. The lowest BCUT2D eigenvalue weighted by Crippen LogP contribution is -2.43. The second kappa shape index (κ2) is 11.0. The third-order valence-corrected chi connectivity index (χ3v) is 4.95. The van der Waals surface area contributed by atoms with Crippen molar-refractivity contribution in [2.45, 2.75) is 44.3 Å². The van der Waals surface area contributed by atoms with Crippen LogP contribution in [0.25, 0.3) is 0 Å². The Morgan fingerprint density at radius 3 is 2.59 bits per heavy atom. The molecule has 11 heteroatoms. The summed E-state index contributed by atoms with van der Waals surface area (Å²) in [4.78, 5) is 21.1. The molecule has 1 amide bonds. The zero-order valence-corrected chi connectivity index (χ0v) is 18.5. The number of nitrogens with one attached hydrogen (secondary N) is 2. The molecule has 1 saturated carbocycles. The number of rotatable bonds is 6. The predicted molar refractivity (Wildman–Crippen MR) is 111 cm³/mol. The van der Waals surface area contributed by atoms with Crippen LogP contribution < -0.4 is 10.6 Å². The van der Waals surface area contributed by atoms with E-state index in [1.807, 2.05) is 0 Å². The summed E-state index contributed by atoms with van der Waals surface area (Å²) in [5.41, 5.74) is -0.855. The molecule has 0 bridgehead atoms. The first-order valence-electron chi connectivity index (χ1n) is 8.52. The maximum Gasteiger partial charge on any atom is 0.434 e. The first-order valence-corrected chi connectivity index (χ1v) is 9.40. The van der Waals surface area contributed by atoms with Crippen molar-refractivity contribution in [3.8, 4) is 0 Å². The summed E-state index contributed by atoms with van der Waals surface area (Å²) in [7, 11) is 3.33. The van der Waals surface area contributed by atoms with Crippen LogP contribution >= 0.6 is 35.3 Å². The standard InChI is InChI=1S/C16H24F3N5OS.HI/c1-24(2)14(25)9-21-15(22-11-5-3-4-6-11)20-8-7-13-23-12(10-26-13)16(17,18)19;/h10-11H,3-9H2,1-2H3,(H2,20,21,22);1H. The highest BCUT2D eigenvalue weighted by Crippen LogP contribution is 2.30. The summed E-state index contributed by atoms with van der Waals surface area (Å²) in [5.74, 6) is 0.395. The van der Waals surface area contributed by atoms with Crippen molar-refractivity contribution in [2.24, 2.45) is 4.99 Å². The van der Waals surface area contributed by atoms with Gasteiger partial charge in [-0.15, -0.1) is 35.3 Å². The van der Waals surface area contributed by atoms with E-state index < -0.39 is 11.9 Å². The Bertz CT molecular complexity index is 630. The molecule has 1 aliphatic carbocycles. The third-order valence-electron chi connectivity index (χ3n) is 4.04. The molecule has 6 nitrogen and oxygen atoms in total. The highest BCUT2D eigenvalue weighted by Gasteiger charge is 2.33. The lowest BCUT2D eigenvalue weighted by atomic mass is 10.2. The topological polar surface area (TPSA) is 69.6 Å². The average molecular weight is 519 g/mol. The molecule has 0 aromatic carbocycles. The van der Waals surface area contributed by atoms with Gasteiger partial charge in [0.1, 0.15) is 6.54 Å². The number of guanidine groups is 1. The van der Waals surface area contributed by atoms with E-state index in [0.29, 0.717) is 30.0 Å². The summed E-state index contributed by atoms with van der Waals surface area (Å²) in [6.45, 7) is 0.407. The molecule has 0 spiro atoms. The maximum absolute atomic E-state index is 12.6. The normalized spacial score (nSPS) is 15.4. The van der Waals surface area contributed by atoms with E-state index in [9.17, 15) is 18.0 Å². The number of aromatic nitrogens is 1. The molecule has 2 N–H and O–H groups in total. The van der Waals surface area contributed by atoms with Gasteiger partial charge in [0.25, 0.3) is 0 Å². The summed E-state index contributed by atoms with van der Waals surface area (Å²) >= 11 is 0.991. The zero-order valence-electron chi connectivity index (χ0n) is 15.3. The van der Waals surface area contributed by atoms with Gasteiger partial charge in [-0.3, -0.25) is 4.79 Å². The highest BCUT2D eigenvalue weighted by atomic mass is 127. The number of amides is 1. The van der Waals surface area contributed by atoms with Crippen LogP contribution in [0.5, 0.6) is 0 Å². The van der Waals surface area contributed by atoms with E-state index >= 15 is 0 Å². The van der Waals surface area contributed by atoms with Crippen LogP contribution in [0.3, 0.4) is 0 Å². The van der Waals surface area contributed by atoms with Crippen LogP contribution in [0, 0.1) is 0 Å². The number of alkyl halides is 3. The van der Waals surface area contributed by atoms with Gasteiger partial charge in [0, 0.05) is 38.5 Å². The monoisotopic (exact) mass is 519 g/mol. The maximum atomic E-state index is 12.6. The number of halogens is 4. The summed E-state index contributed by atoms with van der Waals surface area (Å²) < 4.78 is 37.8. The van der Waals surface area contributed by atoms with Crippen molar-refractivity contribution < 1.29 is 18.0 Å². The van der Waals surface area contributed by atoms with Crippen LogP contribution in [-0.2, 0) is 17.4 Å². The van der Waals surface area contributed by atoms with Gasteiger partial charge in [0.15, 0.2) is 11.7 Å². The van der Waals surface area contributed by atoms with Gasteiger partial charge in [-0.1, -0.05) is 12.8 Å². The van der Waals surface area contributed by atoms with Gasteiger partial charge >= 0.3 is 6.18 Å². The molecule has 0 atom stereocenters. The summed E-state index contributed by atoms with van der Waals surface area (Å²) in [5, 5.41) is 7.82. The van der Waals surface area contributed by atoms with Gasteiger partial charge in [-0.05, 0) is 12.8 Å². The van der Waals surface area contributed by atoms with Gasteiger partial charge in [0.05, 0.1) is 5.01 Å². The Labute approximate surface area is 178 Å². The minimum atomic E-state index is -4.41. The third kappa shape index (κ3) is 8.20. The van der Waals surface area contributed by atoms with Gasteiger partial charge in [0.2, 0.25) is 5.91 Å². The molecule has 1 fully saturated rings. The molecule has 2 rings (SSSR count). The van der Waals surface area contributed by atoms with Crippen molar-refractivity contribution >= 4 is 47.2 Å². The SMILES string of the molecule is CN(C)C(=O)CN=C(NCCc1nc(C(F)(F)F)cs1)NC1CCCC1.I. The molecule has 0 aliphatic heterocycles. The number of carbonyl (C=O) groups is 1. The summed E-state index contributed by atoms with van der Waals surface area (Å²) in [6.07, 6.45) is 0.342. The van der Waals surface area contributed by atoms with Crippen LogP contribution in [0.2, 0.25) is 0 Å². The molecule has 1 aliphatic rings. The molecular formula is C16H25F3IN5OS. The Morgan fingerprint density at radius 2 is 2.04 bits per heavy atom. The summed E-state index contributed by atoms with van der Waals surface area (Å²) in [6, 6.07) is 0.312. The molecule has 0 saturated heterocycles. The Kier molecular flexibility index (Phi) is 9.77. The number of hydrogen-bond acceptors (Lipinski definition) is 4. The Hall–Kier alpha value is -1.11. The van der Waals surface area contributed by atoms with Crippen molar-refractivity contribution in [3.63, 3.8) is 0 Å². The lowest BCUT2D eigenvalue weighted by Gasteiger charge is -2.17. The Morgan fingerprint density at radius 1 is 1.37 bits per heavy atom. The van der Waals surface area contributed by atoms with Crippen molar-refractivity contribution in [1.29, 1.82) is 0 Å². The van der Waals surface area contributed by atoms with Gasteiger partial charge in [-0.25, -0.2) is 9.98 Å². The molecule has 27 heavy (non-hydrogen) atoms. The van der Waals surface area contributed by atoms with Crippen molar-refractivity contribution in [3.05, 3.63) is 16.1 Å². The number of aliphatic imine (C=N–C) groups is 1. The van der Waals surface area contributed by atoms with Crippen LogP contribution in [0.4, 0.5) is 13.2 Å². The molecule has 1 aromatic rings. The van der Waals surface area contributed by atoms with E-state index in [-0.39, 0.29) is 36.4 Å².